The van der Waals surface area contributed by atoms with E-state index in [1.54, 1.807) is 0 Å². The van der Waals surface area contributed by atoms with Gasteiger partial charge in [-0.25, -0.2) is 4.79 Å². The third-order valence-electron chi connectivity index (χ3n) is 3.25. The van der Waals surface area contributed by atoms with Gasteiger partial charge in [-0.2, -0.15) is 5.26 Å². The molecule has 0 saturated heterocycles. The van der Waals surface area contributed by atoms with Crippen LogP contribution in [0.3, 0.4) is 0 Å². The minimum Gasteiger partial charge on any atom is -0.480 e. The van der Waals surface area contributed by atoms with Gasteiger partial charge in [0.25, 0.3) is 5.91 Å². The molecule has 5 heteroatoms. The fraction of sp³-hybridized carbons (Fsp3) is 0.308. The van der Waals surface area contributed by atoms with Crippen LogP contribution in [0.5, 0.6) is 0 Å². The van der Waals surface area contributed by atoms with Gasteiger partial charge in [0.15, 0.2) is 0 Å². The molecule has 2 N–H and O–H groups in total. The molecule has 2 rings (SSSR count). The molecule has 0 aromatic heterocycles. The highest BCUT2D eigenvalue weighted by molar-refractivity contribution is 5.98. The lowest BCUT2D eigenvalue weighted by molar-refractivity contribution is -0.148. The second kappa shape index (κ2) is 4.49. The van der Waals surface area contributed by atoms with Gasteiger partial charge in [0.2, 0.25) is 0 Å². The number of carboxylic acid groups (broad SMARTS) is 1. The first-order valence-electron chi connectivity index (χ1n) is 5.63. The summed E-state index contributed by atoms with van der Waals surface area (Å²) in [5.41, 5.74) is -0.282. The summed E-state index contributed by atoms with van der Waals surface area (Å²) < 4.78 is 0. The highest BCUT2D eigenvalue weighted by atomic mass is 16.4. The van der Waals surface area contributed by atoms with Gasteiger partial charge in [-0.1, -0.05) is 0 Å². The number of benzene rings is 1. The maximum absolute atomic E-state index is 11.9. The van der Waals surface area contributed by atoms with Crippen LogP contribution >= 0.6 is 0 Å². The summed E-state index contributed by atoms with van der Waals surface area (Å²) in [6.07, 6.45) is 1.73. The molecule has 1 amide bonds. The Morgan fingerprint density at radius 3 is 2.28 bits per heavy atom. The normalized spacial score (nSPS) is 16.2. The molecule has 5 nitrogen and oxygen atoms in total. The van der Waals surface area contributed by atoms with Crippen molar-refractivity contribution in [1.82, 2.24) is 5.32 Å². The number of nitriles is 1. The summed E-state index contributed by atoms with van der Waals surface area (Å²) >= 11 is 0. The monoisotopic (exact) mass is 244 g/mol. The van der Waals surface area contributed by atoms with E-state index < -0.39 is 17.4 Å². The molecule has 0 spiro atoms. The molecular weight excluding hydrogens is 232 g/mol. The summed E-state index contributed by atoms with van der Waals surface area (Å²) in [5.74, 6) is -1.41. The van der Waals surface area contributed by atoms with E-state index in [4.69, 9.17) is 10.4 Å². The van der Waals surface area contributed by atoms with Crippen LogP contribution in [0.1, 0.15) is 35.2 Å². The fourth-order valence-electron chi connectivity index (χ4n) is 1.91. The van der Waals surface area contributed by atoms with Crippen LogP contribution < -0.4 is 5.32 Å². The zero-order valence-electron chi connectivity index (χ0n) is 9.64. The first-order chi connectivity index (χ1) is 8.57. The highest BCUT2D eigenvalue weighted by Gasteiger charge is 2.45. The van der Waals surface area contributed by atoms with E-state index in [1.165, 1.54) is 24.3 Å². The van der Waals surface area contributed by atoms with E-state index in [-0.39, 0.29) is 0 Å². The number of aliphatic carboxylic acids is 1. The van der Waals surface area contributed by atoms with Crippen molar-refractivity contribution < 1.29 is 14.7 Å². The van der Waals surface area contributed by atoms with E-state index in [9.17, 15) is 9.59 Å². The Balaban J connectivity index is 2.12. The molecule has 1 aliphatic rings. The number of carboxylic acids is 1. The Kier molecular flexibility index (Phi) is 3.02. The van der Waals surface area contributed by atoms with Gasteiger partial charge < -0.3 is 10.4 Å². The molecule has 0 atom stereocenters. The third-order valence-corrected chi connectivity index (χ3v) is 3.25. The van der Waals surface area contributed by atoms with Crippen molar-refractivity contribution in [2.75, 3.05) is 0 Å². The van der Waals surface area contributed by atoms with Gasteiger partial charge in [-0.3, -0.25) is 4.79 Å². The number of hydrogen-bond donors (Lipinski definition) is 2. The molecule has 1 fully saturated rings. The maximum atomic E-state index is 11.9. The summed E-state index contributed by atoms with van der Waals surface area (Å²) in [4.78, 5) is 23.0. The Labute approximate surface area is 104 Å². The van der Waals surface area contributed by atoms with Crippen LogP contribution in [0, 0.1) is 11.3 Å². The molecule has 1 aromatic carbocycles. The molecule has 0 heterocycles. The van der Waals surface area contributed by atoms with Crippen LogP contribution in [0.4, 0.5) is 0 Å². The summed E-state index contributed by atoms with van der Waals surface area (Å²) in [6, 6.07) is 8.05. The van der Waals surface area contributed by atoms with Crippen molar-refractivity contribution in [3.63, 3.8) is 0 Å². The standard InChI is InChI=1S/C13H12N2O3/c14-8-9-2-4-10(5-3-9)11(16)15-13(12(17)18)6-1-7-13/h2-5H,1,6-7H2,(H,15,16)(H,17,18). The molecule has 1 saturated carbocycles. The summed E-state index contributed by atoms with van der Waals surface area (Å²) in [5, 5.41) is 20.3. The largest absolute Gasteiger partial charge is 0.480 e. The maximum Gasteiger partial charge on any atom is 0.329 e. The lowest BCUT2D eigenvalue weighted by atomic mass is 9.76. The number of amides is 1. The average molecular weight is 244 g/mol. The second-order valence-corrected chi connectivity index (χ2v) is 4.38. The number of carbonyl (C=O) groups is 2. The topological polar surface area (TPSA) is 90.2 Å². The molecule has 92 valence electrons. The van der Waals surface area contributed by atoms with Crippen molar-refractivity contribution in [2.45, 2.75) is 24.8 Å². The number of carbonyl (C=O) groups excluding carboxylic acids is 1. The molecular formula is C13H12N2O3. The number of nitrogens with zero attached hydrogens (tertiary/aromatic N) is 1. The molecule has 0 aliphatic heterocycles. The first-order valence-corrected chi connectivity index (χ1v) is 5.63. The summed E-state index contributed by atoms with van der Waals surface area (Å²) in [6.45, 7) is 0. The van der Waals surface area contributed by atoms with Crippen molar-refractivity contribution >= 4 is 11.9 Å². The molecule has 0 radical (unpaired) electrons. The quantitative estimate of drug-likeness (QED) is 0.838. The van der Waals surface area contributed by atoms with E-state index in [0.29, 0.717) is 24.0 Å². The zero-order chi connectivity index (χ0) is 13.2. The van der Waals surface area contributed by atoms with Gasteiger partial charge in [-0.15, -0.1) is 0 Å². The van der Waals surface area contributed by atoms with Gasteiger partial charge in [-0.05, 0) is 43.5 Å². The van der Waals surface area contributed by atoms with Crippen LogP contribution in [-0.4, -0.2) is 22.5 Å². The number of hydrogen-bond acceptors (Lipinski definition) is 3. The van der Waals surface area contributed by atoms with E-state index in [2.05, 4.69) is 5.32 Å². The Hall–Kier alpha value is -2.35. The van der Waals surface area contributed by atoms with Crippen molar-refractivity contribution in [3.05, 3.63) is 35.4 Å². The predicted octanol–water partition coefficient (Wildman–Crippen LogP) is 1.30. The van der Waals surface area contributed by atoms with E-state index in [0.717, 1.165) is 6.42 Å². The van der Waals surface area contributed by atoms with E-state index in [1.807, 2.05) is 6.07 Å². The SMILES string of the molecule is N#Cc1ccc(C(=O)NC2(C(=O)O)CCC2)cc1. The van der Waals surface area contributed by atoms with Crippen LogP contribution in [0.2, 0.25) is 0 Å². The molecule has 0 unspecified atom stereocenters. The summed E-state index contributed by atoms with van der Waals surface area (Å²) in [7, 11) is 0. The van der Waals surface area contributed by atoms with Crippen molar-refractivity contribution in [1.29, 1.82) is 5.26 Å². The lowest BCUT2D eigenvalue weighted by Gasteiger charge is -2.38. The molecule has 1 aromatic rings. The van der Waals surface area contributed by atoms with Gasteiger partial charge >= 0.3 is 5.97 Å². The van der Waals surface area contributed by atoms with Crippen molar-refractivity contribution in [3.8, 4) is 6.07 Å². The lowest BCUT2D eigenvalue weighted by Crippen LogP contribution is -2.59. The number of nitrogens with one attached hydrogen (secondary N) is 1. The predicted molar refractivity (Wildman–Crippen MR) is 62.8 cm³/mol. The Morgan fingerprint density at radius 1 is 1.28 bits per heavy atom. The minimum absolute atomic E-state index is 0.363. The zero-order valence-corrected chi connectivity index (χ0v) is 9.64. The Bertz CT molecular complexity index is 524. The van der Waals surface area contributed by atoms with Crippen molar-refractivity contribution in [2.24, 2.45) is 0 Å². The average Bonchev–Trinajstić information content (AvgIpc) is 2.33. The van der Waals surface area contributed by atoms with E-state index >= 15 is 0 Å². The van der Waals surface area contributed by atoms with Crippen LogP contribution in [0.25, 0.3) is 0 Å². The Morgan fingerprint density at radius 2 is 1.89 bits per heavy atom. The fourth-order valence-corrected chi connectivity index (χ4v) is 1.91. The first kappa shape index (κ1) is 12.1. The van der Waals surface area contributed by atoms with Crippen LogP contribution in [0.15, 0.2) is 24.3 Å². The molecule has 0 bridgehead atoms. The highest BCUT2D eigenvalue weighted by Crippen LogP contribution is 2.32. The van der Waals surface area contributed by atoms with Gasteiger partial charge in [0.05, 0.1) is 11.6 Å². The molecule has 18 heavy (non-hydrogen) atoms. The third kappa shape index (κ3) is 2.05. The van der Waals surface area contributed by atoms with Gasteiger partial charge in [0.1, 0.15) is 5.54 Å². The second-order valence-electron chi connectivity index (χ2n) is 4.38. The minimum atomic E-state index is -1.11. The van der Waals surface area contributed by atoms with Gasteiger partial charge in [0, 0.05) is 5.56 Å². The smallest absolute Gasteiger partial charge is 0.329 e. The van der Waals surface area contributed by atoms with Crippen LogP contribution in [-0.2, 0) is 4.79 Å². The number of rotatable bonds is 3. The molecule has 1 aliphatic carbocycles.